The van der Waals surface area contributed by atoms with Crippen LogP contribution in [0, 0.1) is 11.3 Å². The maximum atomic E-state index is 9.28. The molecular formula is C20H21N3O. The lowest BCUT2D eigenvalue weighted by Gasteiger charge is -2.16. The van der Waals surface area contributed by atoms with Crippen molar-refractivity contribution in [1.29, 1.82) is 5.26 Å². The second-order valence-electron chi connectivity index (χ2n) is 5.72. The molecule has 24 heavy (non-hydrogen) atoms. The van der Waals surface area contributed by atoms with Crippen molar-refractivity contribution in [3.8, 4) is 17.2 Å². The summed E-state index contributed by atoms with van der Waals surface area (Å²) in [7, 11) is 0. The van der Waals surface area contributed by atoms with Gasteiger partial charge in [0.15, 0.2) is 11.5 Å². The minimum atomic E-state index is 0.669. The van der Waals surface area contributed by atoms with Crippen LogP contribution in [0.4, 0.5) is 0 Å². The Morgan fingerprint density at radius 1 is 1.12 bits per heavy atom. The van der Waals surface area contributed by atoms with E-state index in [2.05, 4.69) is 29.8 Å². The van der Waals surface area contributed by atoms with Crippen LogP contribution in [-0.2, 0) is 6.42 Å². The molecule has 0 aliphatic carbocycles. The van der Waals surface area contributed by atoms with Crippen molar-refractivity contribution >= 4 is 11.1 Å². The van der Waals surface area contributed by atoms with Crippen LogP contribution >= 0.6 is 0 Å². The lowest BCUT2D eigenvalue weighted by Crippen LogP contribution is -2.25. The molecule has 0 radical (unpaired) electrons. The van der Waals surface area contributed by atoms with Crippen molar-refractivity contribution in [2.45, 2.75) is 20.3 Å². The minimum Gasteiger partial charge on any atom is -0.441 e. The predicted octanol–water partition coefficient (Wildman–Crippen LogP) is 4.25. The molecule has 0 aliphatic rings. The molecule has 0 aliphatic heterocycles. The SMILES string of the molecule is CCN(CC)CCc1nc2cc(-c3ccccc3C#N)ccc2o1. The van der Waals surface area contributed by atoms with E-state index < -0.39 is 0 Å². The topological polar surface area (TPSA) is 53.1 Å². The van der Waals surface area contributed by atoms with Crippen molar-refractivity contribution < 1.29 is 4.42 Å². The maximum Gasteiger partial charge on any atom is 0.196 e. The largest absolute Gasteiger partial charge is 0.441 e. The van der Waals surface area contributed by atoms with Crippen molar-refractivity contribution in [1.82, 2.24) is 9.88 Å². The Hall–Kier alpha value is -2.64. The van der Waals surface area contributed by atoms with Gasteiger partial charge in [0.25, 0.3) is 0 Å². The zero-order valence-electron chi connectivity index (χ0n) is 14.1. The number of oxazole rings is 1. The quantitative estimate of drug-likeness (QED) is 0.681. The van der Waals surface area contributed by atoms with Gasteiger partial charge in [-0.2, -0.15) is 5.26 Å². The van der Waals surface area contributed by atoms with E-state index in [-0.39, 0.29) is 0 Å². The van der Waals surface area contributed by atoms with Gasteiger partial charge in [-0.15, -0.1) is 0 Å². The molecule has 4 heteroatoms. The number of fused-ring (bicyclic) bond motifs is 1. The molecule has 0 unspecified atom stereocenters. The van der Waals surface area contributed by atoms with Gasteiger partial charge >= 0.3 is 0 Å². The van der Waals surface area contributed by atoms with Gasteiger partial charge in [0, 0.05) is 13.0 Å². The summed E-state index contributed by atoms with van der Waals surface area (Å²) >= 11 is 0. The van der Waals surface area contributed by atoms with Crippen LogP contribution in [0.3, 0.4) is 0 Å². The number of nitriles is 1. The van der Waals surface area contributed by atoms with Crippen LogP contribution in [0.2, 0.25) is 0 Å². The summed E-state index contributed by atoms with van der Waals surface area (Å²) in [6.45, 7) is 7.34. The Morgan fingerprint density at radius 3 is 2.67 bits per heavy atom. The lowest BCUT2D eigenvalue weighted by atomic mass is 10.0. The van der Waals surface area contributed by atoms with E-state index in [1.54, 1.807) is 0 Å². The second kappa shape index (κ2) is 7.29. The lowest BCUT2D eigenvalue weighted by molar-refractivity contribution is 0.298. The number of likely N-dealkylation sites (N-methyl/N-ethyl adjacent to an activating group) is 1. The molecule has 0 saturated heterocycles. The van der Waals surface area contributed by atoms with E-state index in [0.717, 1.165) is 54.2 Å². The summed E-state index contributed by atoms with van der Waals surface area (Å²) in [5, 5.41) is 9.28. The van der Waals surface area contributed by atoms with E-state index in [0.29, 0.717) is 5.56 Å². The Labute approximate surface area is 142 Å². The highest BCUT2D eigenvalue weighted by Gasteiger charge is 2.10. The molecule has 1 heterocycles. The summed E-state index contributed by atoms with van der Waals surface area (Å²) in [5.41, 5.74) is 4.22. The number of hydrogen-bond donors (Lipinski definition) is 0. The molecular weight excluding hydrogens is 298 g/mol. The summed E-state index contributed by atoms with van der Waals surface area (Å²) in [5.74, 6) is 0.766. The Morgan fingerprint density at radius 2 is 1.92 bits per heavy atom. The van der Waals surface area contributed by atoms with Crippen LogP contribution < -0.4 is 0 Å². The summed E-state index contributed by atoms with van der Waals surface area (Å²) in [4.78, 5) is 6.97. The van der Waals surface area contributed by atoms with Gasteiger partial charge in [0.05, 0.1) is 11.6 Å². The van der Waals surface area contributed by atoms with Gasteiger partial charge in [-0.05, 0) is 42.4 Å². The molecule has 0 amide bonds. The predicted molar refractivity (Wildman–Crippen MR) is 95.7 cm³/mol. The molecule has 0 N–H and O–H groups in total. The van der Waals surface area contributed by atoms with E-state index in [1.165, 1.54) is 0 Å². The Kier molecular flexibility index (Phi) is 4.93. The molecule has 0 bridgehead atoms. The fraction of sp³-hybridized carbons (Fsp3) is 0.300. The highest BCUT2D eigenvalue weighted by molar-refractivity contribution is 5.82. The average molecular weight is 319 g/mol. The molecule has 3 aromatic rings. The molecule has 0 fully saturated rings. The van der Waals surface area contributed by atoms with Crippen molar-refractivity contribution in [2.24, 2.45) is 0 Å². The molecule has 3 rings (SSSR count). The normalized spacial score (nSPS) is 11.1. The third-order valence-electron chi connectivity index (χ3n) is 4.33. The van der Waals surface area contributed by atoms with Gasteiger partial charge < -0.3 is 9.32 Å². The van der Waals surface area contributed by atoms with E-state index in [4.69, 9.17) is 4.42 Å². The van der Waals surface area contributed by atoms with Crippen LogP contribution in [0.1, 0.15) is 25.3 Å². The second-order valence-corrected chi connectivity index (χ2v) is 5.72. The fourth-order valence-corrected chi connectivity index (χ4v) is 2.88. The van der Waals surface area contributed by atoms with Crippen LogP contribution in [0.5, 0.6) is 0 Å². The summed E-state index contributed by atoms with van der Waals surface area (Å²) in [6, 6.07) is 15.8. The molecule has 2 aromatic carbocycles. The van der Waals surface area contributed by atoms with E-state index >= 15 is 0 Å². The van der Waals surface area contributed by atoms with Gasteiger partial charge in [0.2, 0.25) is 0 Å². The number of aromatic nitrogens is 1. The number of benzene rings is 2. The van der Waals surface area contributed by atoms with Crippen molar-refractivity contribution in [2.75, 3.05) is 19.6 Å². The first kappa shape index (κ1) is 16.2. The Balaban J connectivity index is 1.88. The first-order valence-corrected chi connectivity index (χ1v) is 8.36. The number of hydrogen-bond acceptors (Lipinski definition) is 4. The molecule has 0 atom stereocenters. The molecule has 122 valence electrons. The molecule has 1 aromatic heterocycles. The molecule has 0 saturated carbocycles. The standard InChI is InChI=1S/C20H21N3O/c1-3-23(4-2)12-11-20-22-18-13-15(9-10-19(18)24-20)17-8-6-5-7-16(17)14-21/h5-10,13H,3-4,11-12H2,1-2H3. The highest BCUT2D eigenvalue weighted by Crippen LogP contribution is 2.27. The zero-order valence-corrected chi connectivity index (χ0v) is 14.1. The first-order valence-electron chi connectivity index (χ1n) is 8.36. The smallest absolute Gasteiger partial charge is 0.196 e. The van der Waals surface area contributed by atoms with E-state index in [9.17, 15) is 5.26 Å². The number of rotatable bonds is 6. The fourth-order valence-electron chi connectivity index (χ4n) is 2.88. The highest BCUT2D eigenvalue weighted by atomic mass is 16.3. The zero-order chi connectivity index (χ0) is 16.9. The van der Waals surface area contributed by atoms with Crippen LogP contribution in [0.15, 0.2) is 46.9 Å². The molecule has 0 spiro atoms. The van der Waals surface area contributed by atoms with Gasteiger partial charge in [-0.25, -0.2) is 4.98 Å². The maximum absolute atomic E-state index is 9.28. The average Bonchev–Trinajstić information content (AvgIpc) is 3.04. The van der Waals surface area contributed by atoms with Gasteiger partial charge in [0.1, 0.15) is 5.52 Å². The minimum absolute atomic E-state index is 0.669. The van der Waals surface area contributed by atoms with Crippen molar-refractivity contribution in [3.63, 3.8) is 0 Å². The third-order valence-corrected chi connectivity index (χ3v) is 4.33. The van der Waals surface area contributed by atoms with Crippen LogP contribution in [-0.4, -0.2) is 29.5 Å². The summed E-state index contributed by atoms with van der Waals surface area (Å²) < 4.78 is 5.85. The van der Waals surface area contributed by atoms with Crippen molar-refractivity contribution in [3.05, 3.63) is 53.9 Å². The van der Waals surface area contributed by atoms with Gasteiger partial charge in [-0.3, -0.25) is 0 Å². The summed E-state index contributed by atoms with van der Waals surface area (Å²) in [6.07, 6.45) is 0.806. The van der Waals surface area contributed by atoms with Crippen LogP contribution in [0.25, 0.3) is 22.2 Å². The number of nitrogens with zero attached hydrogens (tertiary/aromatic N) is 3. The van der Waals surface area contributed by atoms with Gasteiger partial charge in [-0.1, -0.05) is 38.1 Å². The van der Waals surface area contributed by atoms with E-state index in [1.807, 2.05) is 42.5 Å². The third kappa shape index (κ3) is 3.32. The Bertz CT molecular complexity index is 872. The molecule has 4 nitrogen and oxygen atoms in total. The monoisotopic (exact) mass is 319 g/mol. The first-order chi connectivity index (χ1) is 11.7.